The van der Waals surface area contributed by atoms with Crippen molar-refractivity contribution in [1.82, 2.24) is 10.2 Å². The molecule has 132 valence electrons. The molecular weight excluding hydrogens is 325 g/mol. The van der Waals surface area contributed by atoms with E-state index in [2.05, 4.69) is 5.32 Å². The molecule has 24 heavy (non-hydrogen) atoms. The molecule has 0 radical (unpaired) electrons. The number of hydrogen-bond acceptors (Lipinski definition) is 3. The molecule has 1 atom stereocenters. The van der Waals surface area contributed by atoms with Crippen LogP contribution in [0.2, 0.25) is 0 Å². The van der Waals surface area contributed by atoms with Crippen LogP contribution >= 0.6 is 0 Å². The summed E-state index contributed by atoms with van der Waals surface area (Å²) in [6, 6.07) is 4.82. The Hall–Kier alpha value is -2.25. The van der Waals surface area contributed by atoms with Crippen LogP contribution in [-0.4, -0.2) is 41.6 Å². The molecule has 0 bridgehead atoms. The first kappa shape index (κ1) is 18.1. The molecule has 2 amide bonds. The van der Waals surface area contributed by atoms with Crippen LogP contribution in [-0.2, 0) is 9.59 Å². The number of ether oxygens (including phenoxy) is 1. The zero-order valence-electron chi connectivity index (χ0n) is 13.6. The van der Waals surface area contributed by atoms with Crippen LogP contribution in [0.15, 0.2) is 24.3 Å². The molecule has 8 heteroatoms. The first-order valence-electron chi connectivity index (χ1n) is 7.38. The maximum absolute atomic E-state index is 12.9. The molecule has 2 rings (SSSR count). The molecule has 1 N–H and O–H groups in total. The van der Waals surface area contributed by atoms with E-state index in [0.717, 1.165) is 0 Å². The average molecular weight is 344 g/mol. The van der Waals surface area contributed by atoms with Gasteiger partial charge in [0.25, 0.3) is 5.91 Å². The van der Waals surface area contributed by atoms with Gasteiger partial charge < -0.3 is 15.0 Å². The van der Waals surface area contributed by atoms with Crippen molar-refractivity contribution < 1.29 is 27.5 Å². The van der Waals surface area contributed by atoms with Gasteiger partial charge in [-0.05, 0) is 26.8 Å². The van der Waals surface area contributed by atoms with E-state index in [-0.39, 0.29) is 11.3 Å². The predicted molar refractivity (Wildman–Crippen MR) is 80.3 cm³/mol. The van der Waals surface area contributed by atoms with Crippen LogP contribution in [0.1, 0.15) is 32.4 Å². The van der Waals surface area contributed by atoms with Gasteiger partial charge in [0.1, 0.15) is 18.3 Å². The standard InChI is InChI=1S/C16H19F3N2O3/c1-15(2,3)20-14(23)13-10-6-4-5-7-11(10)24-8-12(22)21(13)9-16(17,18)19/h4-7,13H,8-9H2,1-3H3,(H,20,23). The van der Waals surface area contributed by atoms with Crippen molar-refractivity contribution in [3.05, 3.63) is 29.8 Å². The third-order valence-corrected chi connectivity index (χ3v) is 3.29. The maximum Gasteiger partial charge on any atom is 0.406 e. The lowest BCUT2D eigenvalue weighted by Gasteiger charge is -2.32. The van der Waals surface area contributed by atoms with Crippen LogP contribution in [0, 0.1) is 0 Å². The number of fused-ring (bicyclic) bond motifs is 1. The lowest BCUT2D eigenvalue weighted by Crippen LogP contribution is -2.51. The van der Waals surface area contributed by atoms with E-state index in [1.165, 1.54) is 12.1 Å². The smallest absolute Gasteiger partial charge is 0.406 e. The van der Waals surface area contributed by atoms with E-state index in [1.54, 1.807) is 32.9 Å². The lowest BCUT2D eigenvalue weighted by atomic mass is 10.0. The number of amides is 2. The first-order chi connectivity index (χ1) is 11.0. The highest BCUT2D eigenvalue weighted by Crippen LogP contribution is 2.34. The number of alkyl halides is 3. The minimum atomic E-state index is -4.63. The lowest BCUT2D eigenvalue weighted by molar-refractivity contribution is -0.169. The molecule has 1 aliphatic rings. The maximum atomic E-state index is 12.9. The number of para-hydroxylation sites is 1. The van der Waals surface area contributed by atoms with Gasteiger partial charge in [0.05, 0.1) is 0 Å². The molecule has 5 nitrogen and oxygen atoms in total. The highest BCUT2D eigenvalue weighted by molar-refractivity contribution is 5.91. The fourth-order valence-corrected chi connectivity index (χ4v) is 2.47. The molecule has 0 aromatic heterocycles. The number of nitrogens with zero attached hydrogens (tertiary/aromatic N) is 1. The first-order valence-corrected chi connectivity index (χ1v) is 7.38. The average Bonchev–Trinajstić information content (AvgIpc) is 2.54. The predicted octanol–water partition coefficient (Wildman–Crippen LogP) is 2.43. The summed E-state index contributed by atoms with van der Waals surface area (Å²) < 4.78 is 44.1. The Kier molecular flexibility index (Phi) is 4.77. The van der Waals surface area contributed by atoms with Crippen molar-refractivity contribution in [3.63, 3.8) is 0 Å². The Morgan fingerprint density at radius 2 is 1.92 bits per heavy atom. The summed E-state index contributed by atoms with van der Waals surface area (Å²) in [5.41, 5.74) is -0.430. The normalized spacial score (nSPS) is 18.5. The molecule has 0 fully saturated rings. The third kappa shape index (κ3) is 4.39. The summed E-state index contributed by atoms with van der Waals surface area (Å²) in [5, 5.41) is 2.64. The van der Waals surface area contributed by atoms with Crippen LogP contribution in [0.5, 0.6) is 5.75 Å². The minimum Gasteiger partial charge on any atom is -0.483 e. The highest BCUT2D eigenvalue weighted by atomic mass is 19.4. The number of halogens is 3. The summed E-state index contributed by atoms with van der Waals surface area (Å²) >= 11 is 0. The molecule has 0 saturated carbocycles. The van der Waals surface area contributed by atoms with Gasteiger partial charge in [0.2, 0.25) is 5.91 Å². The molecule has 0 spiro atoms. The van der Waals surface area contributed by atoms with Gasteiger partial charge in [-0.25, -0.2) is 0 Å². The second-order valence-corrected chi connectivity index (χ2v) is 6.61. The Balaban J connectivity index is 2.49. The van der Waals surface area contributed by atoms with E-state index in [1.807, 2.05) is 0 Å². The summed E-state index contributed by atoms with van der Waals surface area (Å²) in [7, 11) is 0. The number of hydrogen-bond donors (Lipinski definition) is 1. The molecule has 0 aliphatic carbocycles. The molecule has 1 aromatic carbocycles. The summed E-state index contributed by atoms with van der Waals surface area (Å²) in [5.74, 6) is -1.35. The summed E-state index contributed by atoms with van der Waals surface area (Å²) in [6.45, 7) is 3.05. The third-order valence-electron chi connectivity index (χ3n) is 3.29. The fraction of sp³-hybridized carbons (Fsp3) is 0.500. The fourth-order valence-electron chi connectivity index (χ4n) is 2.47. The Morgan fingerprint density at radius 1 is 1.29 bits per heavy atom. The van der Waals surface area contributed by atoms with Crippen molar-refractivity contribution in [1.29, 1.82) is 0 Å². The van der Waals surface area contributed by atoms with E-state index in [9.17, 15) is 22.8 Å². The Labute approximate surface area is 137 Å². The van der Waals surface area contributed by atoms with E-state index < -0.39 is 42.7 Å². The molecule has 1 aromatic rings. The topological polar surface area (TPSA) is 58.6 Å². The van der Waals surface area contributed by atoms with Crippen LogP contribution in [0.4, 0.5) is 13.2 Å². The van der Waals surface area contributed by atoms with Crippen molar-refractivity contribution >= 4 is 11.8 Å². The second-order valence-electron chi connectivity index (χ2n) is 6.61. The van der Waals surface area contributed by atoms with Crippen LogP contribution in [0.25, 0.3) is 0 Å². The molecule has 1 heterocycles. The minimum absolute atomic E-state index is 0.226. The number of carbonyl (C=O) groups excluding carboxylic acids is 2. The largest absolute Gasteiger partial charge is 0.483 e. The zero-order valence-corrected chi connectivity index (χ0v) is 13.6. The van der Waals surface area contributed by atoms with Gasteiger partial charge in [-0.1, -0.05) is 18.2 Å². The van der Waals surface area contributed by atoms with Crippen molar-refractivity contribution in [2.24, 2.45) is 0 Å². The van der Waals surface area contributed by atoms with Gasteiger partial charge in [-0.3, -0.25) is 9.59 Å². The zero-order chi connectivity index (χ0) is 18.1. The molecule has 1 aliphatic heterocycles. The number of benzene rings is 1. The van der Waals surface area contributed by atoms with Gasteiger partial charge in [-0.15, -0.1) is 0 Å². The Morgan fingerprint density at radius 3 is 2.50 bits per heavy atom. The van der Waals surface area contributed by atoms with Crippen molar-refractivity contribution in [3.8, 4) is 5.75 Å². The number of carbonyl (C=O) groups is 2. The van der Waals surface area contributed by atoms with Gasteiger partial charge in [0.15, 0.2) is 6.61 Å². The van der Waals surface area contributed by atoms with Crippen molar-refractivity contribution in [2.75, 3.05) is 13.2 Å². The molecular formula is C16H19F3N2O3. The van der Waals surface area contributed by atoms with Gasteiger partial charge in [-0.2, -0.15) is 13.2 Å². The summed E-state index contributed by atoms with van der Waals surface area (Å²) in [6.07, 6.45) is -4.63. The summed E-state index contributed by atoms with van der Waals surface area (Å²) in [4.78, 5) is 25.3. The van der Waals surface area contributed by atoms with E-state index >= 15 is 0 Å². The number of rotatable bonds is 2. The monoisotopic (exact) mass is 344 g/mol. The Bertz CT molecular complexity index is 638. The second kappa shape index (κ2) is 6.33. The van der Waals surface area contributed by atoms with Gasteiger partial charge in [0, 0.05) is 11.1 Å². The van der Waals surface area contributed by atoms with Gasteiger partial charge >= 0.3 is 6.18 Å². The number of nitrogens with one attached hydrogen (secondary N) is 1. The van der Waals surface area contributed by atoms with Crippen LogP contribution in [0.3, 0.4) is 0 Å². The quantitative estimate of drug-likeness (QED) is 0.896. The SMILES string of the molecule is CC(C)(C)NC(=O)C1c2ccccc2OCC(=O)N1CC(F)(F)F. The van der Waals surface area contributed by atoms with Crippen molar-refractivity contribution in [2.45, 2.75) is 38.5 Å². The van der Waals surface area contributed by atoms with E-state index in [0.29, 0.717) is 4.90 Å². The molecule has 1 unspecified atom stereocenters. The highest BCUT2D eigenvalue weighted by Gasteiger charge is 2.43. The van der Waals surface area contributed by atoms with E-state index in [4.69, 9.17) is 4.74 Å². The van der Waals surface area contributed by atoms with Crippen LogP contribution < -0.4 is 10.1 Å². The molecule has 0 saturated heterocycles.